The summed E-state index contributed by atoms with van der Waals surface area (Å²) < 4.78 is 1.87. The van der Waals surface area contributed by atoms with Gasteiger partial charge in [0.25, 0.3) is 0 Å². The third-order valence-electron chi connectivity index (χ3n) is 5.64. The van der Waals surface area contributed by atoms with Crippen LogP contribution in [0.4, 0.5) is 0 Å². The van der Waals surface area contributed by atoms with E-state index in [1.54, 1.807) is 6.20 Å². The van der Waals surface area contributed by atoms with Gasteiger partial charge in [-0.05, 0) is 38.8 Å². The molecule has 1 amide bonds. The highest BCUT2D eigenvalue weighted by Crippen LogP contribution is 2.30. The van der Waals surface area contributed by atoms with Crippen LogP contribution in [-0.2, 0) is 11.8 Å². The van der Waals surface area contributed by atoms with Gasteiger partial charge in [0.15, 0.2) is 0 Å². The van der Waals surface area contributed by atoms with Gasteiger partial charge in [-0.2, -0.15) is 0 Å². The lowest BCUT2D eigenvalue weighted by Crippen LogP contribution is -2.53. The van der Waals surface area contributed by atoms with Crippen LogP contribution in [0.25, 0.3) is 0 Å². The largest absolute Gasteiger partial charge is 0.385 e. The van der Waals surface area contributed by atoms with Crippen LogP contribution >= 0.6 is 0 Å². The molecule has 3 heterocycles. The van der Waals surface area contributed by atoms with Crippen molar-refractivity contribution < 1.29 is 9.90 Å². The Hall–Kier alpha value is -1.40. The molecule has 6 heteroatoms. The van der Waals surface area contributed by atoms with Crippen LogP contribution in [-0.4, -0.2) is 62.6 Å². The first-order chi connectivity index (χ1) is 11.6. The Kier molecular flexibility index (Phi) is 5.56. The molecule has 2 aliphatic rings. The number of rotatable bonds is 4. The number of aromatic nitrogens is 2. The molecule has 3 unspecified atom stereocenters. The molecule has 0 radical (unpaired) electrons. The van der Waals surface area contributed by atoms with Gasteiger partial charge < -0.3 is 14.6 Å². The fourth-order valence-corrected chi connectivity index (χ4v) is 4.20. The van der Waals surface area contributed by atoms with Crippen LogP contribution in [0.1, 0.15) is 51.0 Å². The van der Waals surface area contributed by atoms with Gasteiger partial charge in [0.1, 0.15) is 11.9 Å². The number of aliphatic hydroxyl groups is 1. The highest BCUT2D eigenvalue weighted by Gasteiger charge is 2.35. The molecule has 0 aromatic carbocycles. The third kappa shape index (κ3) is 3.49. The Labute approximate surface area is 144 Å². The lowest BCUT2D eigenvalue weighted by Gasteiger charge is -2.40. The van der Waals surface area contributed by atoms with Gasteiger partial charge in [-0.15, -0.1) is 0 Å². The first-order valence-corrected chi connectivity index (χ1v) is 9.30. The van der Waals surface area contributed by atoms with E-state index < -0.39 is 6.10 Å². The summed E-state index contributed by atoms with van der Waals surface area (Å²) in [5.41, 5.74) is 0. The lowest BCUT2D eigenvalue weighted by molar-refractivity contribution is -0.141. The molecule has 2 fully saturated rings. The van der Waals surface area contributed by atoms with E-state index >= 15 is 0 Å². The zero-order chi connectivity index (χ0) is 17.1. The van der Waals surface area contributed by atoms with Crippen LogP contribution < -0.4 is 0 Å². The number of hydrogen-bond donors (Lipinski definition) is 1. The molecular weight excluding hydrogens is 304 g/mol. The Balaban J connectivity index is 1.66. The van der Waals surface area contributed by atoms with Crippen LogP contribution in [0.3, 0.4) is 0 Å². The second-order valence-corrected chi connectivity index (χ2v) is 7.17. The summed E-state index contributed by atoms with van der Waals surface area (Å²) in [7, 11) is 1.90. The van der Waals surface area contributed by atoms with E-state index in [4.69, 9.17) is 0 Å². The molecule has 3 rings (SSSR count). The molecule has 1 N–H and O–H groups in total. The van der Waals surface area contributed by atoms with Crippen LogP contribution in [0.5, 0.6) is 0 Å². The summed E-state index contributed by atoms with van der Waals surface area (Å²) in [6, 6.07) is 0.0350. The predicted octanol–water partition coefficient (Wildman–Crippen LogP) is 1.57. The average Bonchev–Trinajstić information content (AvgIpc) is 3.06. The number of imidazole rings is 1. The molecule has 0 spiro atoms. The van der Waals surface area contributed by atoms with Crippen molar-refractivity contribution in [2.75, 3.05) is 26.2 Å². The van der Waals surface area contributed by atoms with E-state index in [2.05, 4.69) is 16.8 Å². The topological polar surface area (TPSA) is 61.6 Å². The molecule has 2 aliphatic heterocycles. The molecule has 1 aromatic heterocycles. The van der Waals surface area contributed by atoms with Crippen molar-refractivity contribution in [2.24, 2.45) is 13.0 Å². The SMILES string of the molecule is CCN1CCCCC1C(=O)N1CCCC(C(O)c2nccn2C)C1. The fraction of sp³-hybridized carbons (Fsp3) is 0.778. The number of likely N-dealkylation sites (N-methyl/N-ethyl adjacent to an activating group) is 1. The quantitative estimate of drug-likeness (QED) is 0.908. The van der Waals surface area contributed by atoms with Crippen molar-refractivity contribution in [1.82, 2.24) is 19.4 Å². The number of hydrogen-bond acceptors (Lipinski definition) is 4. The molecule has 0 bridgehead atoms. The molecule has 134 valence electrons. The minimum absolute atomic E-state index is 0.0350. The second kappa shape index (κ2) is 7.66. The van der Waals surface area contributed by atoms with Crippen molar-refractivity contribution >= 4 is 5.91 Å². The highest BCUT2D eigenvalue weighted by molar-refractivity contribution is 5.82. The van der Waals surface area contributed by atoms with Crippen molar-refractivity contribution in [1.29, 1.82) is 0 Å². The number of carbonyl (C=O) groups is 1. The summed E-state index contributed by atoms with van der Waals surface area (Å²) in [5.74, 6) is 1.03. The summed E-state index contributed by atoms with van der Waals surface area (Å²) in [4.78, 5) is 21.6. The number of piperidine rings is 2. The highest BCUT2D eigenvalue weighted by atomic mass is 16.3. The normalized spacial score (nSPS) is 27.2. The number of carbonyl (C=O) groups excluding carboxylic acids is 1. The fourth-order valence-electron chi connectivity index (χ4n) is 4.20. The van der Waals surface area contributed by atoms with E-state index in [1.807, 2.05) is 22.7 Å². The Morgan fingerprint density at radius 3 is 2.88 bits per heavy atom. The maximum atomic E-state index is 13.0. The summed E-state index contributed by atoms with van der Waals surface area (Å²) in [5, 5.41) is 10.7. The van der Waals surface area contributed by atoms with Crippen LogP contribution in [0, 0.1) is 5.92 Å². The molecule has 3 atom stereocenters. The maximum absolute atomic E-state index is 13.0. The van der Waals surface area contributed by atoms with Gasteiger partial charge >= 0.3 is 0 Å². The van der Waals surface area contributed by atoms with E-state index in [1.165, 1.54) is 6.42 Å². The van der Waals surface area contributed by atoms with E-state index in [9.17, 15) is 9.90 Å². The molecule has 1 aromatic rings. The van der Waals surface area contributed by atoms with Gasteiger partial charge in [-0.1, -0.05) is 13.3 Å². The van der Waals surface area contributed by atoms with E-state index in [0.29, 0.717) is 12.4 Å². The van der Waals surface area contributed by atoms with Crippen molar-refractivity contribution in [3.8, 4) is 0 Å². The molecular formula is C18H30N4O2. The number of likely N-dealkylation sites (tertiary alicyclic amines) is 2. The molecule has 6 nitrogen and oxygen atoms in total. The van der Waals surface area contributed by atoms with Gasteiger partial charge in [0, 0.05) is 38.4 Å². The number of aliphatic hydroxyl groups excluding tert-OH is 1. The van der Waals surface area contributed by atoms with Crippen LogP contribution in [0.15, 0.2) is 12.4 Å². The summed E-state index contributed by atoms with van der Waals surface area (Å²) in [6.45, 7) is 5.55. The smallest absolute Gasteiger partial charge is 0.239 e. The van der Waals surface area contributed by atoms with E-state index in [-0.39, 0.29) is 17.9 Å². The minimum Gasteiger partial charge on any atom is -0.385 e. The Morgan fingerprint density at radius 1 is 1.33 bits per heavy atom. The lowest BCUT2D eigenvalue weighted by atomic mass is 9.91. The molecule has 24 heavy (non-hydrogen) atoms. The molecule has 0 aliphatic carbocycles. The molecule has 2 saturated heterocycles. The number of amides is 1. The number of nitrogens with zero attached hydrogens (tertiary/aromatic N) is 4. The van der Waals surface area contributed by atoms with Crippen LogP contribution in [0.2, 0.25) is 0 Å². The van der Waals surface area contributed by atoms with Gasteiger partial charge in [0.2, 0.25) is 5.91 Å². The summed E-state index contributed by atoms with van der Waals surface area (Å²) in [6.07, 6.45) is 8.16. The first-order valence-electron chi connectivity index (χ1n) is 9.30. The average molecular weight is 334 g/mol. The number of aryl methyl sites for hydroxylation is 1. The zero-order valence-electron chi connectivity index (χ0n) is 14.9. The van der Waals surface area contributed by atoms with Crippen molar-refractivity contribution in [3.05, 3.63) is 18.2 Å². The van der Waals surface area contributed by atoms with Crippen molar-refractivity contribution in [2.45, 2.75) is 51.2 Å². The minimum atomic E-state index is -0.603. The van der Waals surface area contributed by atoms with E-state index in [0.717, 1.165) is 45.3 Å². The third-order valence-corrected chi connectivity index (χ3v) is 5.64. The van der Waals surface area contributed by atoms with Crippen molar-refractivity contribution in [3.63, 3.8) is 0 Å². The standard InChI is InChI=1S/C18H30N4O2/c1-3-21-10-5-4-8-15(21)18(24)22-11-6-7-14(13-22)16(23)17-19-9-12-20(17)2/h9,12,14-16,23H,3-8,10-11,13H2,1-2H3. The molecule has 0 saturated carbocycles. The Bertz CT molecular complexity index is 559. The zero-order valence-corrected chi connectivity index (χ0v) is 14.9. The van der Waals surface area contributed by atoms with Gasteiger partial charge in [-0.3, -0.25) is 9.69 Å². The Morgan fingerprint density at radius 2 is 2.17 bits per heavy atom. The maximum Gasteiger partial charge on any atom is 0.239 e. The van der Waals surface area contributed by atoms with Gasteiger partial charge in [0.05, 0.1) is 6.04 Å². The van der Waals surface area contributed by atoms with Gasteiger partial charge in [-0.25, -0.2) is 4.98 Å². The monoisotopic (exact) mass is 334 g/mol. The first kappa shape index (κ1) is 17.4. The summed E-state index contributed by atoms with van der Waals surface area (Å²) >= 11 is 0. The second-order valence-electron chi connectivity index (χ2n) is 7.17. The predicted molar refractivity (Wildman–Crippen MR) is 92.4 cm³/mol.